The van der Waals surface area contributed by atoms with E-state index in [1.165, 1.54) is 0 Å². The highest BCUT2D eigenvalue weighted by Gasteiger charge is 2.62. The summed E-state index contributed by atoms with van der Waals surface area (Å²) in [4.78, 5) is 10.9. The van der Waals surface area contributed by atoms with Crippen LogP contribution in [0.4, 0.5) is 0 Å². The predicted octanol–water partition coefficient (Wildman–Crippen LogP) is 0.983. The zero-order valence-electron chi connectivity index (χ0n) is 8.63. The Labute approximate surface area is 92.9 Å². The van der Waals surface area contributed by atoms with Gasteiger partial charge in [-0.1, -0.05) is 12.1 Å². The number of piperidine rings is 1. The second-order valence-electron chi connectivity index (χ2n) is 4.58. The van der Waals surface area contributed by atoms with Crippen LogP contribution in [-0.4, -0.2) is 22.7 Å². The van der Waals surface area contributed by atoms with E-state index in [0.717, 1.165) is 12.1 Å². The molecule has 0 amide bonds. The molecule has 2 fully saturated rings. The van der Waals surface area contributed by atoms with E-state index >= 15 is 0 Å². The molecule has 0 bridgehead atoms. The summed E-state index contributed by atoms with van der Waals surface area (Å²) in [6, 6.07) is 7.12. The van der Waals surface area contributed by atoms with Crippen molar-refractivity contribution in [1.82, 2.24) is 5.32 Å². The first-order chi connectivity index (χ1) is 7.68. The van der Waals surface area contributed by atoms with Gasteiger partial charge in [-0.2, -0.15) is 0 Å². The third-order valence-electron chi connectivity index (χ3n) is 3.73. The SMILES string of the molecule is O=C(O)C1C2CNC(c3ccc(O)cc3)C21. The van der Waals surface area contributed by atoms with E-state index in [9.17, 15) is 9.90 Å². The minimum atomic E-state index is -0.680. The Morgan fingerprint density at radius 1 is 1.31 bits per heavy atom. The van der Waals surface area contributed by atoms with Crippen LogP contribution in [0.3, 0.4) is 0 Å². The fraction of sp³-hybridized carbons (Fsp3) is 0.417. The van der Waals surface area contributed by atoms with Crippen LogP contribution in [0.15, 0.2) is 24.3 Å². The Morgan fingerprint density at radius 2 is 2.00 bits per heavy atom. The maximum atomic E-state index is 10.9. The number of phenols is 1. The second kappa shape index (κ2) is 3.22. The van der Waals surface area contributed by atoms with Gasteiger partial charge in [-0.25, -0.2) is 0 Å². The molecule has 4 atom stereocenters. The third-order valence-corrected chi connectivity index (χ3v) is 3.73. The molecule has 0 spiro atoms. The number of benzene rings is 1. The average Bonchev–Trinajstić information content (AvgIpc) is 2.83. The van der Waals surface area contributed by atoms with Crippen molar-refractivity contribution < 1.29 is 15.0 Å². The van der Waals surface area contributed by atoms with Crippen LogP contribution in [0.1, 0.15) is 11.6 Å². The Hall–Kier alpha value is -1.55. The molecule has 4 nitrogen and oxygen atoms in total. The number of hydrogen-bond acceptors (Lipinski definition) is 3. The summed E-state index contributed by atoms with van der Waals surface area (Å²) < 4.78 is 0. The van der Waals surface area contributed by atoms with Crippen LogP contribution in [0.2, 0.25) is 0 Å². The lowest BCUT2D eigenvalue weighted by atomic mass is 10.0. The molecule has 1 saturated heterocycles. The van der Waals surface area contributed by atoms with E-state index in [1.54, 1.807) is 12.1 Å². The van der Waals surface area contributed by atoms with Crippen molar-refractivity contribution in [2.24, 2.45) is 17.8 Å². The monoisotopic (exact) mass is 219 g/mol. The number of rotatable bonds is 2. The molecule has 3 N–H and O–H groups in total. The highest BCUT2D eigenvalue weighted by atomic mass is 16.4. The smallest absolute Gasteiger partial charge is 0.307 e. The number of phenolic OH excluding ortho intramolecular Hbond substituents is 1. The van der Waals surface area contributed by atoms with Crippen molar-refractivity contribution in [3.05, 3.63) is 29.8 Å². The lowest BCUT2D eigenvalue weighted by Gasteiger charge is -2.15. The van der Waals surface area contributed by atoms with Gasteiger partial charge in [-0.05, 0) is 36.1 Å². The van der Waals surface area contributed by atoms with Crippen molar-refractivity contribution in [2.45, 2.75) is 6.04 Å². The fourth-order valence-electron chi connectivity index (χ4n) is 2.89. The Morgan fingerprint density at radius 3 is 2.56 bits per heavy atom. The number of aliphatic carboxylic acids is 1. The maximum absolute atomic E-state index is 10.9. The maximum Gasteiger partial charge on any atom is 0.307 e. The number of aromatic hydroxyl groups is 1. The number of carboxylic acid groups (broad SMARTS) is 1. The molecule has 4 heteroatoms. The molecule has 1 heterocycles. The van der Waals surface area contributed by atoms with Crippen LogP contribution in [0.25, 0.3) is 0 Å². The van der Waals surface area contributed by atoms with Gasteiger partial charge in [0.05, 0.1) is 5.92 Å². The van der Waals surface area contributed by atoms with Gasteiger partial charge in [0.2, 0.25) is 0 Å². The molecule has 1 aliphatic heterocycles. The van der Waals surface area contributed by atoms with Gasteiger partial charge in [-0.15, -0.1) is 0 Å². The van der Waals surface area contributed by atoms with Gasteiger partial charge in [0.25, 0.3) is 0 Å². The molecule has 4 unspecified atom stereocenters. The summed E-state index contributed by atoms with van der Waals surface area (Å²) in [5.74, 6) is -0.109. The molecular formula is C12H13NO3. The van der Waals surface area contributed by atoms with Crippen LogP contribution in [-0.2, 0) is 4.79 Å². The fourth-order valence-corrected chi connectivity index (χ4v) is 2.89. The molecule has 16 heavy (non-hydrogen) atoms. The highest BCUT2D eigenvalue weighted by Crippen LogP contribution is 2.57. The van der Waals surface area contributed by atoms with Crippen molar-refractivity contribution in [3.63, 3.8) is 0 Å². The van der Waals surface area contributed by atoms with Crippen LogP contribution < -0.4 is 5.32 Å². The lowest BCUT2D eigenvalue weighted by Crippen LogP contribution is -2.23. The molecule has 1 aromatic rings. The summed E-state index contributed by atoms with van der Waals surface area (Å²) in [6.07, 6.45) is 0. The first-order valence-electron chi connectivity index (χ1n) is 5.43. The third kappa shape index (κ3) is 1.30. The van der Waals surface area contributed by atoms with Crippen LogP contribution >= 0.6 is 0 Å². The first kappa shape index (κ1) is 9.66. The quantitative estimate of drug-likeness (QED) is 0.693. The van der Waals surface area contributed by atoms with E-state index in [1.807, 2.05) is 12.1 Å². The van der Waals surface area contributed by atoms with E-state index in [0.29, 0.717) is 0 Å². The minimum Gasteiger partial charge on any atom is -0.508 e. The second-order valence-corrected chi connectivity index (χ2v) is 4.58. The number of fused-ring (bicyclic) bond motifs is 1. The molecule has 1 saturated carbocycles. The Bertz CT molecular complexity index is 428. The molecule has 0 aromatic heterocycles. The number of carbonyl (C=O) groups is 1. The van der Waals surface area contributed by atoms with Gasteiger partial charge in [0.1, 0.15) is 5.75 Å². The number of hydrogen-bond donors (Lipinski definition) is 3. The van der Waals surface area contributed by atoms with E-state index in [2.05, 4.69) is 5.32 Å². The molecule has 2 aliphatic rings. The normalized spacial score (nSPS) is 35.8. The number of carboxylic acids is 1. The van der Waals surface area contributed by atoms with E-state index < -0.39 is 5.97 Å². The standard InChI is InChI=1S/C12H13NO3/c14-7-3-1-6(2-4-7)11-9-8(5-13-11)10(9)12(15)16/h1-4,8-11,13-14H,5H2,(H,15,16). The average molecular weight is 219 g/mol. The molecule has 3 rings (SSSR count). The van der Waals surface area contributed by atoms with Gasteiger partial charge < -0.3 is 15.5 Å². The summed E-state index contributed by atoms with van der Waals surface area (Å²) in [7, 11) is 0. The summed E-state index contributed by atoms with van der Waals surface area (Å²) in [6.45, 7) is 0.785. The zero-order chi connectivity index (χ0) is 11.3. The molecule has 1 aliphatic carbocycles. The Balaban J connectivity index is 1.82. The summed E-state index contributed by atoms with van der Waals surface area (Å²) >= 11 is 0. The minimum absolute atomic E-state index is 0.131. The first-order valence-corrected chi connectivity index (χ1v) is 5.43. The van der Waals surface area contributed by atoms with Crippen LogP contribution in [0, 0.1) is 17.8 Å². The van der Waals surface area contributed by atoms with Crippen molar-refractivity contribution in [3.8, 4) is 5.75 Å². The largest absolute Gasteiger partial charge is 0.508 e. The van der Waals surface area contributed by atoms with Gasteiger partial charge in [0, 0.05) is 6.04 Å². The topological polar surface area (TPSA) is 69.6 Å². The summed E-state index contributed by atoms with van der Waals surface area (Å²) in [5, 5.41) is 21.5. The number of nitrogens with one attached hydrogen (secondary N) is 1. The molecule has 1 aromatic carbocycles. The van der Waals surface area contributed by atoms with Gasteiger partial charge in [-0.3, -0.25) is 4.79 Å². The van der Waals surface area contributed by atoms with Crippen molar-refractivity contribution in [2.75, 3.05) is 6.54 Å². The van der Waals surface area contributed by atoms with Crippen molar-refractivity contribution in [1.29, 1.82) is 0 Å². The highest BCUT2D eigenvalue weighted by molar-refractivity contribution is 5.75. The Kier molecular flexibility index (Phi) is 1.94. The van der Waals surface area contributed by atoms with Gasteiger partial charge in [0.15, 0.2) is 0 Å². The van der Waals surface area contributed by atoms with Crippen molar-refractivity contribution >= 4 is 5.97 Å². The van der Waals surface area contributed by atoms with E-state index in [-0.39, 0.29) is 29.5 Å². The van der Waals surface area contributed by atoms with Gasteiger partial charge >= 0.3 is 5.97 Å². The van der Waals surface area contributed by atoms with Crippen LogP contribution in [0.5, 0.6) is 5.75 Å². The zero-order valence-corrected chi connectivity index (χ0v) is 8.63. The van der Waals surface area contributed by atoms with E-state index in [4.69, 9.17) is 5.11 Å². The predicted molar refractivity (Wildman–Crippen MR) is 57.0 cm³/mol. The lowest BCUT2D eigenvalue weighted by molar-refractivity contribution is -0.139. The molecule has 0 radical (unpaired) electrons. The summed E-state index contributed by atoms with van der Waals surface area (Å²) in [5.41, 5.74) is 1.06. The molecular weight excluding hydrogens is 206 g/mol. The molecule has 84 valence electrons.